The Kier molecular flexibility index (Phi) is 10.7. The number of amides is 1. The van der Waals surface area contributed by atoms with Crippen molar-refractivity contribution in [3.05, 3.63) is 53.6 Å². The monoisotopic (exact) mass is 536 g/mol. The average Bonchev–Trinajstić information content (AvgIpc) is 2.94. The van der Waals surface area contributed by atoms with Gasteiger partial charge in [-0.3, -0.25) is 14.5 Å². The van der Waals surface area contributed by atoms with E-state index in [0.717, 1.165) is 55.0 Å². The van der Waals surface area contributed by atoms with E-state index in [-0.39, 0.29) is 17.7 Å². The molecule has 7 nitrogen and oxygen atoms in total. The van der Waals surface area contributed by atoms with Crippen molar-refractivity contribution in [3.8, 4) is 17.2 Å². The van der Waals surface area contributed by atoms with Crippen LogP contribution in [-0.4, -0.2) is 61.6 Å². The maximum absolute atomic E-state index is 13.0. The molecule has 4 rings (SSSR count). The van der Waals surface area contributed by atoms with Crippen molar-refractivity contribution in [1.29, 1.82) is 0 Å². The summed E-state index contributed by atoms with van der Waals surface area (Å²) in [6, 6.07) is 14.4. The van der Waals surface area contributed by atoms with Gasteiger partial charge in [0.1, 0.15) is 19.0 Å². The van der Waals surface area contributed by atoms with Gasteiger partial charge in [0.05, 0.1) is 7.11 Å². The molecule has 2 aromatic carbocycles. The molecule has 3 unspecified atom stereocenters. The molecule has 2 heterocycles. The quantitative estimate of drug-likeness (QED) is 0.266. The third kappa shape index (κ3) is 8.46. The van der Waals surface area contributed by atoms with Gasteiger partial charge in [0.15, 0.2) is 17.3 Å². The normalized spacial score (nSPS) is 19.8. The van der Waals surface area contributed by atoms with Crippen molar-refractivity contribution in [2.24, 2.45) is 0 Å². The minimum absolute atomic E-state index is 0.0136. The Hall–Kier alpha value is -3.06. The van der Waals surface area contributed by atoms with Crippen LogP contribution in [0.4, 0.5) is 0 Å². The number of rotatable bonds is 13. The SMILES string of the molecule is COc1ccc(C(=O)CCCCCC(=O)NC(Cc2ccc3c(c2)OCCO3)CN2C(C)CCCC2C)cc1. The Labute approximate surface area is 233 Å². The number of benzene rings is 2. The van der Waals surface area contributed by atoms with E-state index in [2.05, 4.69) is 36.2 Å². The number of hydrogen-bond donors (Lipinski definition) is 1. The lowest BCUT2D eigenvalue weighted by Crippen LogP contribution is -2.52. The largest absolute Gasteiger partial charge is 0.497 e. The standard InChI is InChI=1S/C32H44N2O5/c1-23-8-7-9-24(2)34(23)22-27(20-25-12-17-30-31(21-25)39-19-18-38-30)33-32(36)11-6-4-5-10-29(35)26-13-15-28(37-3)16-14-26/h12-17,21,23-24,27H,4-11,18-20,22H2,1-3H3,(H,33,36). The van der Waals surface area contributed by atoms with E-state index < -0.39 is 0 Å². The molecule has 1 amide bonds. The number of piperidine rings is 1. The zero-order valence-electron chi connectivity index (χ0n) is 23.7. The Morgan fingerprint density at radius 3 is 2.36 bits per heavy atom. The predicted molar refractivity (Wildman–Crippen MR) is 153 cm³/mol. The van der Waals surface area contributed by atoms with Crippen LogP contribution < -0.4 is 19.5 Å². The molecule has 3 atom stereocenters. The van der Waals surface area contributed by atoms with Crippen LogP contribution >= 0.6 is 0 Å². The number of nitrogens with one attached hydrogen (secondary N) is 1. The van der Waals surface area contributed by atoms with Crippen LogP contribution in [0.25, 0.3) is 0 Å². The summed E-state index contributed by atoms with van der Waals surface area (Å²) in [6.07, 6.45) is 7.77. The summed E-state index contributed by atoms with van der Waals surface area (Å²) in [7, 11) is 1.61. The summed E-state index contributed by atoms with van der Waals surface area (Å²) in [6.45, 7) is 6.56. The van der Waals surface area contributed by atoms with Crippen molar-refractivity contribution < 1.29 is 23.8 Å². The van der Waals surface area contributed by atoms with Crippen LogP contribution in [0.15, 0.2) is 42.5 Å². The van der Waals surface area contributed by atoms with Crippen LogP contribution in [-0.2, 0) is 11.2 Å². The predicted octanol–water partition coefficient (Wildman–Crippen LogP) is 5.59. The molecule has 7 heteroatoms. The van der Waals surface area contributed by atoms with Gasteiger partial charge >= 0.3 is 0 Å². The Balaban J connectivity index is 1.28. The summed E-state index contributed by atoms with van der Waals surface area (Å²) >= 11 is 0. The average molecular weight is 537 g/mol. The van der Waals surface area contributed by atoms with E-state index in [1.807, 2.05) is 18.2 Å². The second-order valence-electron chi connectivity index (χ2n) is 11.0. The molecule has 0 spiro atoms. The van der Waals surface area contributed by atoms with Gasteiger partial charge in [0.2, 0.25) is 5.91 Å². The van der Waals surface area contributed by atoms with E-state index >= 15 is 0 Å². The molecule has 0 saturated carbocycles. The number of nitrogens with zero attached hydrogens (tertiary/aromatic N) is 1. The fourth-order valence-electron chi connectivity index (χ4n) is 5.72. The second kappa shape index (κ2) is 14.4. The number of carbonyl (C=O) groups excluding carboxylic acids is 2. The van der Waals surface area contributed by atoms with Crippen molar-refractivity contribution in [3.63, 3.8) is 0 Å². The Bertz CT molecular complexity index is 1080. The van der Waals surface area contributed by atoms with Crippen molar-refractivity contribution in [2.45, 2.75) is 89.8 Å². The van der Waals surface area contributed by atoms with Gasteiger partial charge in [-0.15, -0.1) is 0 Å². The number of fused-ring (bicyclic) bond motifs is 1. The molecule has 1 fully saturated rings. The van der Waals surface area contributed by atoms with Gasteiger partial charge in [-0.1, -0.05) is 18.9 Å². The molecule has 0 aromatic heterocycles. The summed E-state index contributed by atoms with van der Waals surface area (Å²) in [4.78, 5) is 28.0. The van der Waals surface area contributed by atoms with Crippen LogP contribution in [0.3, 0.4) is 0 Å². The molecule has 0 aliphatic carbocycles. The molecule has 2 aliphatic heterocycles. The van der Waals surface area contributed by atoms with Gasteiger partial charge in [-0.2, -0.15) is 0 Å². The van der Waals surface area contributed by atoms with Crippen LogP contribution in [0.1, 0.15) is 81.1 Å². The minimum Gasteiger partial charge on any atom is -0.497 e. The molecule has 0 bridgehead atoms. The summed E-state index contributed by atoms with van der Waals surface area (Å²) in [5, 5.41) is 3.34. The number of hydrogen-bond acceptors (Lipinski definition) is 6. The third-order valence-electron chi connectivity index (χ3n) is 7.98. The van der Waals surface area contributed by atoms with Gasteiger partial charge < -0.3 is 19.5 Å². The first kappa shape index (κ1) is 28.9. The first-order valence-corrected chi connectivity index (χ1v) is 14.5. The molecule has 2 aromatic rings. The molecule has 1 N–H and O–H groups in total. The smallest absolute Gasteiger partial charge is 0.220 e. The molecular formula is C32H44N2O5. The van der Waals surface area contributed by atoms with E-state index in [1.54, 1.807) is 19.2 Å². The maximum atomic E-state index is 13.0. The van der Waals surface area contributed by atoms with Gasteiger partial charge in [-0.25, -0.2) is 0 Å². The fourth-order valence-corrected chi connectivity index (χ4v) is 5.72. The fraction of sp³-hybridized carbons (Fsp3) is 0.562. The zero-order chi connectivity index (χ0) is 27.6. The molecule has 2 aliphatic rings. The number of likely N-dealkylation sites (tertiary alicyclic amines) is 1. The number of ketones is 1. The Morgan fingerprint density at radius 1 is 0.949 bits per heavy atom. The highest BCUT2D eigenvalue weighted by Gasteiger charge is 2.28. The summed E-state index contributed by atoms with van der Waals surface area (Å²) < 4.78 is 16.6. The number of carbonyl (C=O) groups is 2. The molecule has 1 saturated heterocycles. The first-order chi connectivity index (χ1) is 18.9. The maximum Gasteiger partial charge on any atom is 0.220 e. The molecule has 39 heavy (non-hydrogen) atoms. The summed E-state index contributed by atoms with van der Waals surface area (Å²) in [5.74, 6) is 2.53. The third-order valence-corrected chi connectivity index (χ3v) is 7.98. The Morgan fingerprint density at radius 2 is 1.64 bits per heavy atom. The van der Waals surface area contributed by atoms with Gasteiger partial charge in [-0.05, 0) is 87.9 Å². The van der Waals surface area contributed by atoms with Gasteiger partial charge in [0.25, 0.3) is 0 Å². The lowest BCUT2D eigenvalue weighted by atomic mass is 9.95. The lowest BCUT2D eigenvalue weighted by Gasteiger charge is -2.41. The molecular weight excluding hydrogens is 492 g/mol. The van der Waals surface area contributed by atoms with Crippen LogP contribution in [0.2, 0.25) is 0 Å². The zero-order valence-corrected chi connectivity index (χ0v) is 23.7. The van der Waals surface area contributed by atoms with Crippen LogP contribution in [0.5, 0.6) is 17.2 Å². The van der Waals surface area contributed by atoms with Crippen molar-refractivity contribution >= 4 is 11.7 Å². The van der Waals surface area contributed by atoms with Crippen LogP contribution in [0, 0.1) is 0 Å². The number of ether oxygens (including phenoxy) is 3. The van der Waals surface area contributed by atoms with Crippen molar-refractivity contribution in [1.82, 2.24) is 10.2 Å². The number of Topliss-reactive ketones (excluding diaryl/α,β-unsaturated/α-hetero) is 1. The first-order valence-electron chi connectivity index (χ1n) is 14.5. The van der Waals surface area contributed by atoms with Gasteiger partial charge in [0, 0.05) is 43.1 Å². The molecule has 212 valence electrons. The second-order valence-corrected chi connectivity index (χ2v) is 11.0. The number of methoxy groups -OCH3 is 1. The van der Waals surface area contributed by atoms with E-state index in [4.69, 9.17) is 14.2 Å². The minimum atomic E-state index is 0.0136. The topological polar surface area (TPSA) is 77.1 Å². The van der Waals surface area contributed by atoms with E-state index in [0.29, 0.717) is 43.7 Å². The highest BCUT2D eigenvalue weighted by molar-refractivity contribution is 5.96. The summed E-state index contributed by atoms with van der Waals surface area (Å²) in [5.41, 5.74) is 1.84. The van der Waals surface area contributed by atoms with E-state index in [1.165, 1.54) is 19.3 Å². The molecule has 0 radical (unpaired) electrons. The van der Waals surface area contributed by atoms with Crippen molar-refractivity contribution in [2.75, 3.05) is 26.9 Å². The lowest BCUT2D eigenvalue weighted by molar-refractivity contribution is -0.122. The van der Waals surface area contributed by atoms with E-state index in [9.17, 15) is 9.59 Å². The number of unbranched alkanes of at least 4 members (excludes halogenated alkanes) is 2. The highest BCUT2D eigenvalue weighted by atomic mass is 16.6. The highest BCUT2D eigenvalue weighted by Crippen LogP contribution is 2.31.